The van der Waals surface area contributed by atoms with Crippen LogP contribution in [0.5, 0.6) is 0 Å². The number of fused-ring (bicyclic) bond motifs is 9. The van der Waals surface area contributed by atoms with Gasteiger partial charge in [0.05, 0.1) is 11.0 Å². The first-order valence-electron chi connectivity index (χ1n) is 20.1. The van der Waals surface area contributed by atoms with Gasteiger partial charge in [0.15, 0.2) is 17.5 Å². The minimum atomic E-state index is -0.0725. The Balaban J connectivity index is 0.981. The molecule has 0 atom stereocenters. The topological polar surface area (TPSA) is 56.7 Å². The second-order valence-electron chi connectivity index (χ2n) is 16.0. The van der Waals surface area contributed by atoms with Gasteiger partial charge < -0.3 is 8.98 Å². The third kappa shape index (κ3) is 5.21. The van der Waals surface area contributed by atoms with E-state index < -0.39 is 0 Å². The summed E-state index contributed by atoms with van der Waals surface area (Å²) in [5, 5.41) is 4.61. The highest BCUT2D eigenvalue weighted by molar-refractivity contribution is 6.12. The first-order chi connectivity index (χ1) is 29.0. The molecular weight excluding hydrogens is 721 g/mol. The minimum absolute atomic E-state index is 0.0725. The summed E-state index contributed by atoms with van der Waals surface area (Å²) in [7, 11) is 0. The van der Waals surface area contributed by atoms with E-state index >= 15 is 0 Å². The van der Waals surface area contributed by atoms with E-state index in [1.54, 1.807) is 0 Å². The van der Waals surface area contributed by atoms with Crippen LogP contribution in [0.25, 0.3) is 106 Å². The molecule has 5 heteroatoms. The van der Waals surface area contributed by atoms with Crippen LogP contribution >= 0.6 is 0 Å². The Morgan fingerprint density at radius 3 is 1.78 bits per heavy atom. The van der Waals surface area contributed by atoms with E-state index in [1.807, 2.05) is 36.4 Å². The molecule has 0 radical (unpaired) electrons. The van der Waals surface area contributed by atoms with Crippen LogP contribution in [0.2, 0.25) is 0 Å². The molecule has 0 saturated carbocycles. The number of aromatic nitrogens is 4. The Morgan fingerprint density at radius 2 is 1.00 bits per heavy atom. The van der Waals surface area contributed by atoms with E-state index in [0.29, 0.717) is 17.5 Å². The number of benzene rings is 8. The first-order valence-corrected chi connectivity index (χ1v) is 20.1. The van der Waals surface area contributed by atoms with Gasteiger partial charge in [-0.2, -0.15) is 0 Å². The largest absolute Gasteiger partial charge is 0.456 e. The van der Waals surface area contributed by atoms with Gasteiger partial charge in [0.2, 0.25) is 0 Å². The molecule has 0 amide bonds. The Bertz CT molecular complexity index is 3450. The van der Waals surface area contributed by atoms with Gasteiger partial charge in [-0.25, -0.2) is 15.0 Å². The molecule has 3 aromatic heterocycles. The number of furan rings is 1. The van der Waals surface area contributed by atoms with Crippen molar-refractivity contribution in [3.05, 3.63) is 193 Å². The number of hydrogen-bond donors (Lipinski definition) is 0. The maximum absolute atomic E-state index is 6.59. The van der Waals surface area contributed by atoms with Gasteiger partial charge >= 0.3 is 0 Å². The fraction of sp³-hybridized carbons (Fsp3) is 0.0556. The van der Waals surface area contributed by atoms with Crippen molar-refractivity contribution in [3.63, 3.8) is 0 Å². The highest BCUT2D eigenvalue weighted by atomic mass is 16.3. The zero-order valence-corrected chi connectivity index (χ0v) is 32.5. The molecule has 0 fully saturated rings. The molecule has 0 saturated heterocycles. The third-order valence-electron chi connectivity index (χ3n) is 12.3. The Morgan fingerprint density at radius 1 is 0.390 bits per heavy atom. The number of rotatable bonds is 5. The predicted octanol–water partition coefficient (Wildman–Crippen LogP) is 13.8. The molecule has 59 heavy (non-hydrogen) atoms. The zero-order valence-electron chi connectivity index (χ0n) is 32.5. The maximum Gasteiger partial charge on any atom is 0.164 e. The van der Waals surface area contributed by atoms with Crippen LogP contribution in [0.4, 0.5) is 0 Å². The first kappa shape index (κ1) is 33.5. The van der Waals surface area contributed by atoms with E-state index in [4.69, 9.17) is 19.4 Å². The van der Waals surface area contributed by atoms with Crippen LogP contribution in [0, 0.1) is 0 Å². The fourth-order valence-electron chi connectivity index (χ4n) is 9.28. The lowest BCUT2D eigenvalue weighted by molar-refractivity contribution is 0.661. The van der Waals surface area contributed by atoms with E-state index in [0.717, 1.165) is 49.9 Å². The number of nitrogens with zero attached hydrogens (tertiary/aromatic N) is 4. The lowest BCUT2D eigenvalue weighted by Crippen LogP contribution is -2.14. The van der Waals surface area contributed by atoms with E-state index in [2.05, 4.69) is 164 Å². The van der Waals surface area contributed by atoms with Crippen LogP contribution in [-0.4, -0.2) is 19.5 Å². The van der Waals surface area contributed by atoms with Crippen molar-refractivity contribution >= 4 is 43.7 Å². The van der Waals surface area contributed by atoms with Gasteiger partial charge in [-0.3, -0.25) is 0 Å². The molecule has 0 bridgehead atoms. The summed E-state index contributed by atoms with van der Waals surface area (Å²) in [5.41, 5.74) is 15.4. The van der Waals surface area contributed by atoms with Crippen molar-refractivity contribution in [2.75, 3.05) is 0 Å². The van der Waals surface area contributed by atoms with Gasteiger partial charge in [0.1, 0.15) is 11.2 Å². The fourth-order valence-corrected chi connectivity index (χ4v) is 9.28. The average molecular weight is 757 g/mol. The monoisotopic (exact) mass is 756 g/mol. The maximum atomic E-state index is 6.59. The summed E-state index contributed by atoms with van der Waals surface area (Å²) in [4.78, 5) is 15.0. The van der Waals surface area contributed by atoms with E-state index in [1.165, 1.54) is 49.6 Å². The average Bonchev–Trinajstić information content (AvgIpc) is 3.90. The van der Waals surface area contributed by atoms with Crippen molar-refractivity contribution in [2.24, 2.45) is 0 Å². The predicted molar refractivity (Wildman–Crippen MR) is 241 cm³/mol. The Kier molecular flexibility index (Phi) is 7.20. The molecule has 1 aliphatic rings. The second kappa shape index (κ2) is 12.7. The summed E-state index contributed by atoms with van der Waals surface area (Å²) in [6.45, 7) is 4.69. The van der Waals surface area contributed by atoms with Crippen LogP contribution in [-0.2, 0) is 5.41 Å². The standard InChI is InChI=1S/C54H36N4O/c1-54(2)45-19-11-9-17-39(45)42-32-48-43(31-46(42)54)40-18-10-12-20-47(40)58(48)38-26-28-49-44(30-38)41-27-25-37(29-50(41)59-49)53-56-51(35-15-7-4-8-16-35)55-52(57-53)36-23-21-34(22-24-36)33-13-5-3-6-14-33/h3-32H,1-2H3. The second-order valence-corrected chi connectivity index (χ2v) is 16.0. The van der Waals surface area contributed by atoms with E-state index in [-0.39, 0.29) is 5.41 Å². The van der Waals surface area contributed by atoms with Crippen LogP contribution < -0.4 is 0 Å². The van der Waals surface area contributed by atoms with Crippen LogP contribution in [0.15, 0.2) is 186 Å². The van der Waals surface area contributed by atoms with Gasteiger partial charge in [-0.1, -0.05) is 147 Å². The van der Waals surface area contributed by atoms with Crippen LogP contribution in [0.1, 0.15) is 25.0 Å². The summed E-state index contributed by atoms with van der Waals surface area (Å²) in [6.07, 6.45) is 0. The van der Waals surface area contributed by atoms with Crippen molar-refractivity contribution in [3.8, 4) is 62.1 Å². The smallest absolute Gasteiger partial charge is 0.164 e. The molecule has 12 rings (SSSR count). The molecule has 5 nitrogen and oxygen atoms in total. The molecule has 1 aliphatic carbocycles. The molecule has 278 valence electrons. The van der Waals surface area contributed by atoms with Crippen LogP contribution in [0.3, 0.4) is 0 Å². The van der Waals surface area contributed by atoms with Crippen molar-refractivity contribution in [1.82, 2.24) is 19.5 Å². The molecule has 0 spiro atoms. The summed E-state index contributed by atoms with van der Waals surface area (Å²) < 4.78 is 9.00. The summed E-state index contributed by atoms with van der Waals surface area (Å²) in [6, 6.07) is 64.2. The molecule has 0 aliphatic heterocycles. The lowest BCUT2D eigenvalue weighted by Gasteiger charge is -2.21. The Hall–Kier alpha value is -7.63. The SMILES string of the molecule is CC1(C)c2ccccc2-c2cc3c(cc21)c1ccccc1n3-c1ccc2oc3cc(-c4nc(-c5ccccc5)nc(-c5ccc(-c6ccccc6)cc5)n4)ccc3c2c1. The number of para-hydroxylation sites is 1. The minimum Gasteiger partial charge on any atom is -0.456 e. The van der Waals surface area contributed by atoms with Gasteiger partial charge in [0.25, 0.3) is 0 Å². The number of hydrogen-bond acceptors (Lipinski definition) is 4. The third-order valence-corrected chi connectivity index (χ3v) is 12.3. The lowest BCUT2D eigenvalue weighted by atomic mass is 9.82. The van der Waals surface area contributed by atoms with Crippen molar-refractivity contribution < 1.29 is 4.42 Å². The van der Waals surface area contributed by atoms with Gasteiger partial charge in [-0.05, 0) is 81.9 Å². The molecule has 8 aromatic carbocycles. The Labute approximate surface area is 340 Å². The van der Waals surface area contributed by atoms with Crippen molar-refractivity contribution in [2.45, 2.75) is 19.3 Å². The molecule has 11 aromatic rings. The van der Waals surface area contributed by atoms with Gasteiger partial charge in [0, 0.05) is 49.3 Å². The highest BCUT2D eigenvalue weighted by Crippen LogP contribution is 2.51. The summed E-state index contributed by atoms with van der Waals surface area (Å²) >= 11 is 0. The normalized spacial score (nSPS) is 13.1. The molecule has 0 unspecified atom stereocenters. The quantitative estimate of drug-likeness (QED) is 0.175. The van der Waals surface area contributed by atoms with Crippen molar-refractivity contribution in [1.29, 1.82) is 0 Å². The zero-order chi connectivity index (χ0) is 39.2. The molecule has 0 N–H and O–H groups in total. The molecule has 3 heterocycles. The van der Waals surface area contributed by atoms with E-state index in [9.17, 15) is 0 Å². The highest BCUT2D eigenvalue weighted by Gasteiger charge is 2.36. The summed E-state index contributed by atoms with van der Waals surface area (Å²) in [5.74, 6) is 1.83. The molecular formula is C54H36N4O. The van der Waals surface area contributed by atoms with Gasteiger partial charge in [-0.15, -0.1) is 0 Å².